The second-order valence-electron chi connectivity index (χ2n) is 7.56. The standard InChI is InChI=1S/C17H32O3/c1-5-6-7-14(16(19)20)15(18)12-8-10-13(11-9-12)17(2,3)4/h12-15,18H,5-11H2,1-4H3,(H,19,20). The van der Waals surface area contributed by atoms with Crippen LogP contribution in [0.1, 0.15) is 72.6 Å². The highest BCUT2D eigenvalue weighted by atomic mass is 16.4. The Bertz CT molecular complexity index is 298. The molecule has 0 aromatic heterocycles. The molecule has 1 aliphatic rings. The number of hydrogen-bond acceptors (Lipinski definition) is 2. The second-order valence-corrected chi connectivity index (χ2v) is 7.56. The number of rotatable bonds is 6. The Balaban J connectivity index is 2.55. The van der Waals surface area contributed by atoms with Crippen molar-refractivity contribution in [2.75, 3.05) is 0 Å². The van der Waals surface area contributed by atoms with Gasteiger partial charge >= 0.3 is 5.97 Å². The van der Waals surface area contributed by atoms with Crippen molar-refractivity contribution in [2.24, 2.45) is 23.2 Å². The molecular formula is C17H32O3. The number of unbranched alkanes of at least 4 members (excludes halogenated alkanes) is 1. The maximum atomic E-state index is 11.4. The zero-order valence-corrected chi connectivity index (χ0v) is 13.6. The fraction of sp³-hybridized carbons (Fsp3) is 0.941. The van der Waals surface area contributed by atoms with Gasteiger partial charge in [-0.2, -0.15) is 0 Å². The van der Waals surface area contributed by atoms with Crippen molar-refractivity contribution < 1.29 is 15.0 Å². The first kappa shape index (κ1) is 17.5. The van der Waals surface area contributed by atoms with Crippen molar-refractivity contribution in [2.45, 2.75) is 78.7 Å². The van der Waals surface area contributed by atoms with Crippen LogP contribution in [0.25, 0.3) is 0 Å². The van der Waals surface area contributed by atoms with Crippen LogP contribution in [0.5, 0.6) is 0 Å². The molecule has 0 aliphatic heterocycles. The van der Waals surface area contributed by atoms with Gasteiger partial charge in [0.2, 0.25) is 0 Å². The zero-order chi connectivity index (χ0) is 15.3. The number of carbonyl (C=O) groups is 1. The first-order valence-electron chi connectivity index (χ1n) is 8.18. The van der Waals surface area contributed by atoms with Gasteiger partial charge in [-0.1, -0.05) is 40.5 Å². The Morgan fingerprint density at radius 1 is 1.20 bits per heavy atom. The Kier molecular flexibility index (Phi) is 6.50. The Morgan fingerprint density at radius 3 is 2.15 bits per heavy atom. The molecule has 3 heteroatoms. The van der Waals surface area contributed by atoms with E-state index < -0.39 is 18.0 Å². The van der Waals surface area contributed by atoms with Gasteiger partial charge in [0.25, 0.3) is 0 Å². The van der Waals surface area contributed by atoms with Crippen LogP contribution in [0.15, 0.2) is 0 Å². The number of aliphatic hydroxyl groups is 1. The van der Waals surface area contributed by atoms with E-state index >= 15 is 0 Å². The molecule has 2 unspecified atom stereocenters. The molecule has 3 nitrogen and oxygen atoms in total. The average molecular weight is 284 g/mol. The highest BCUT2D eigenvalue weighted by Crippen LogP contribution is 2.41. The van der Waals surface area contributed by atoms with E-state index in [0.29, 0.717) is 17.8 Å². The lowest BCUT2D eigenvalue weighted by atomic mass is 9.67. The number of carboxylic acids is 1. The highest BCUT2D eigenvalue weighted by Gasteiger charge is 2.37. The molecule has 2 atom stereocenters. The molecule has 0 spiro atoms. The van der Waals surface area contributed by atoms with Crippen LogP contribution in [0.3, 0.4) is 0 Å². The number of hydrogen-bond donors (Lipinski definition) is 2. The maximum Gasteiger partial charge on any atom is 0.309 e. The molecule has 0 aromatic rings. The Morgan fingerprint density at radius 2 is 1.75 bits per heavy atom. The molecule has 0 bridgehead atoms. The van der Waals surface area contributed by atoms with Gasteiger partial charge in [-0.15, -0.1) is 0 Å². The third-order valence-electron chi connectivity index (χ3n) is 5.08. The summed E-state index contributed by atoms with van der Waals surface area (Å²) in [6.07, 6.45) is 5.97. The van der Waals surface area contributed by atoms with E-state index in [1.54, 1.807) is 0 Å². The number of aliphatic carboxylic acids is 1. The van der Waals surface area contributed by atoms with Crippen molar-refractivity contribution in [3.63, 3.8) is 0 Å². The smallest absolute Gasteiger partial charge is 0.309 e. The molecule has 118 valence electrons. The molecule has 0 amide bonds. The fourth-order valence-electron chi connectivity index (χ4n) is 3.52. The molecule has 2 N–H and O–H groups in total. The second kappa shape index (κ2) is 7.44. The zero-order valence-electron chi connectivity index (χ0n) is 13.6. The summed E-state index contributed by atoms with van der Waals surface area (Å²) in [6, 6.07) is 0. The first-order chi connectivity index (χ1) is 9.27. The van der Waals surface area contributed by atoms with Gasteiger partial charge in [0.05, 0.1) is 12.0 Å². The summed E-state index contributed by atoms with van der Waals surface area (Å²) in [5.74, 6) is -0.536. The lowest BCUT2D eigenvalue weighted by Crippen LogP contribution is -2.37. The maximum absolute atomic E-state index is 11.4. The molecule has 20 heavy (non-hydrogen) atoms. The van der Waals surface area contributed by atoms with Crippen LogP contribution in [-0.2, 0) is 4.79 Å². The summed E-state index contributed by atoms with van der Waals surface area (Å²) in [6.45, 7) is 8.88. The molecule has 1 fully saturated rings. The lowest BCUT2D eigenvalue weighted by Gasteiger charge is -2.39. The molecular weight excluding hydrogens is 252 g/mol. The minimum Gasteiger partial charge on any atom is -0.481 e. The van der Waals surface area contributed by atoms with Crippen molar-refractivity contribution >= 4 is 5.97 Å². The van der Waals surface area contributed by atoms with Crippen LogP contribution < -0.4 is 0 Å². The third-order valence-corrected chi connectivity index (χ3v) is 5.08. The van der Waals surface area contributed by atoms with Crippen LogP contribution >= 0.6 is 0 Å². The molecule has 0 saturated heterocycles. The Hall–Kier alpha value is -0.570. The van der Waals surface area contributed by atoms with E-state index in [1.165, 1.54) is 0 Å². The van der Waals surface area contributed by atoms with Crippen molar-refractivity contribution in [3.8, 4) is 0 Å². The molecule has 0 aromatic carbocycles. The third kappa shape index (κ3) is 4.76. The van der Waals surface area contributed by atoms with Gasteiger partial charge in [-0.3, -0.25) is 4.79 Å². The molecule has 0 heterocycles. The highest BCUT2D eigenvalue weighted by molar-refractivity contribution is 5.70. The fourth-order valence-corrected chi connectivity index (χ4v) is 3.52. The summed E-state index contributed by atoms with van der Waals surface area (Å²) in [5.41, 5.74) is 0.324. The van der Waals surface area contributed by atoms with E-state index in [2.05, 4.69) is 27.7 Å². The van der Waals surface area contributed by atoms with E-state index in [0.717, 1.165) is 38.5 Å². The van der Waals surface area contributed by atoms with E-state index in [9.17, 15) is 15.0 Å². The van der Waals surface area contributed by atoms with Gasteiger partial charge < -0.3 is 10.2 Å². The lowest BCUT2D eigenvalue weighted by molar-refractivity contribution is -0.148. The van der Waals surface area contributed by atoms with Gasteiger partial charge in [0, 0.05) is 0 Å². The normalized spacial score (nSPS) is 27.1. The van der Waals surface area contributed by atoms with Gasteiger partial charge in [0.1, 0.15) is 0 Å². The average Bonchev–Trinajstić information content (AvgIpc) is 2.37. The largest absolute Gasteiger partial charge is 0.481 e. The van der Waals surface area contributed by atoms with E-state index in [4.69, 9.17) is 0 Å². The number of aliphatic hydroxyl groups excluding tert-OH is 1. The minimum atomic E-state index is -0.830. The van der Waals surface area contributed by atoms with E-state index in [-0.39, 0.29) is 5.92 Å². The summed E-state index contributed by atoms with van der Waals surface area (Å²) >= 11 is 0. The molecule has 1 rings (SSSR count). The first-order valence-corrected chi connectivity index (χ1v) is 8.18. The van der Waals surface area contributed by atoms with E-state index in [1.807, 2.05) is 0 Å². The molecule has 1 saturated carbocycles. The minimum absolute atomic E-state index is 0.173. The molecule has 0 radical (unpaired) electrons. The predicted molar refractivity (Wildman–Crippen MR) is 81.6 cm³/mol. The van der Waals surface area contributed by atoms with Gasteiger partial charge in [-0.25, -0.2) is 0 Å². The van der Waals surface area contributed by atoms with Crippen molar-refractivity contribution in [1.29, 1.82) is 0 Å². The van der Waals surface area contributed by atoms with Crippen LogP contribution in [0, 0.1) is 23.2 Å². The van der Waals surface area contributed by atoms with Crippen LogP contribution in [0.2, 0.25) is 0 Å². The van der Waals surface area contributed by atoms with Crippen LogP contribution in [-0.4, -0.2) is 22.3 Å². The van der Waals surface area contributed by atoms with Crippen molar-refractivity contribution in [3.05, 3.63) is 0 Å². The topological polar surface area (TPSA) is 57.5 Å². The van der Waals surface area contributed by atoms with Gasteiger partial charge in [-0.05, 0) is 49.4 Å². The van der Waals surface area contributed by atoms with Crippen molar-refractivity contribution in [1.82, 2.24) is 0 Å². The van der Waals surface area contributed by atoms with Crippen LogP contribution in [0.4, 0.5) is 0 Å². The summed E-state index contributed by atoms with van der Waals surface area (Å²) < 4.78 is 0. The Labute approximate surface area is 123 Å². The quantitative estimate of drug-likeness (QED) is 0.772. The number of carboxylic acid groups (broad SMARTS) is 1. The molecule has 1 aliphatic carbocycles. The SMILES string of the molecule is CCCCC(C(=O)O)C(O)C1CCC(C(C)(C)C)CC1. The van der Waals surface area contributed by atoms with Gasteiger partial charge in [0.15, 0.2) is 0 Å². The summed E-state index contributed by atoms with van der Waals surface area (Å²) in [5, 5.41) is 19.8. The monoisotopic (exact) mass is 284 g/mol. The predicted octanol–water partition coefficient (Wildman–Crippen LogP) is 4.09. The summed E-state index contributed by atoms with van der Waals surface area (Å²) in [7, 11) is 0. The summed E-state index contributed by atoms with van der Waals surface area (Å²) in [4.78, 5) is 11.4.